The van der Waals surface area contributed by atoms with E-state index in [1.807, 2.05) is 4.72 Å². The Bertz CT molecular complexity index is 455. The van der Waals surface area contributed by atoms with Gasteiger partial charge in [-0.15, -0.1) is 0 Å². The van der Waals surface area contributed by atoms with E-state index in [1.165, 1.54) is 6.92 Å². The highest BCUT2D eigenvalue weighted by molar-refractivity contribution is 7.89. The van der Waals surface area contributed by atoms with Gasteiger partial charge in [0.25, 0.3) is 0 Å². The van der Waals surface area contributed by atoms with Crippen molar-refractivity contribution in [1.29, 1.82) is 0 Å². The summed E-state index contributed by atoms with van der Waals surface area (Å²) in [5, 5.41) is 8.67. The third-order valence-corrected chi connectivity index (χ3v) is 3.46. The minimum absolute atomic E-state index is 0.463. The van der Waals surface area contributed by atoms with Gasteiger partial charge < -0.3 is 5.11 Å². The largest absolute Gasteiger partial charge is 0.395 e. The molecule has 0 saturated carbocycles. The van der Waals surface area contributed by atoms with E-state index in [-0.39, 0.29) is 0 Å². The molecule has 0 aliphatic heterocycles. The van der Waals surface area contributed by atoms with E-state index in [9.17, 15) is 17.2 Å². The number of hydrogen-bond donors (Lipinski definition) is 2. The molecule has 7 heteroatoms. The van der Waals surface area contributed by atoms with Crippen molar-refractivity contribution in [2.24, 2.45) is 0 Å². The van der Waals surface area contributed by atoms with Gasteiger partial charge in [0.05, 0.1) is 6.61 Å². The Morgan fingerprint density at radius 1 is 1.38 bits per heavy atom. The molecule has 16 heavy (non-hydrogen) atoms. The summed E-state index contributed by atoms with van der Waals surface area (Å²) < 4.78 is 51.4. The Labute approximate surface area is 92.0 Å². The normalized spacial score (nSPS) is 13.8. The Kier molecular flexibility index (Phi) is 3.95. The van der Waals surface area contributed by atoms with Gasteiger partial charge in [-0.3, -0.25) is 0 Å². The van der Waals surface area contributed by atoms with Crippen molar-refractivity contribution in [2.75, 3.05) is 6.61 Å². The maximum Gasteiger partial charge on any atom is 0.246 e. The van der Waals surface area contributed by atoms with Gasteiger partial charge in [0, 0.05) is 6.04 Å². The van der Waals surface area contributed by atoms with Crippen LogP contribution in [-0.2, 0) is 10.0 Å². The molecule has 0 aliphatic carbocycles. The second-order valence-electron chi connectivity index (χ2n) is 3.26. The van der Waals surface area contributed by atoms with Crippen LogP contribution >= 0.6 is 0 Å². The number of aliphatic hydroxyl groups is 1. The third kappa shape index (κ3) is 2.75. The molecule has 0 aliphatic rings. The van der Waals surface area contributed by atoms with Gasteiger partial charge in [0.2, 0.25) is 10.0 Å². The molecule has 0 saturated heterocycles. The Morgan fingerprint density at radius 3 is 2.31 bits per heavy atom. The van der Waals surface area contributed by atoms with Gasteiger partial charge in [-0.05, 0) is 19.1 Å². The average Bonchev–Trinajstić information content (AvgIpc) is 2.16. The fraction of sp³-hybridized carbons (Fsp3) is 0.333. The fourth-order valence-corrected chi connectivity index (χ4v) is 2.47. The number of nitrogens with one attached hydrogen (secondary N) is 1. The topological polar surface area (TPSA) is 66.4 Å². The van der Waals surface area contributed by atoms with Crippen LogP contribution in [0, 0.1) is 11.6 Å². The maximum absolute atomic E-state index is 13.2. The van der Waals surface area contributed by atoms with Gasteiger partial charge in [0.1, 0.15) is 11.6 Å². The molecule has 0 fully saturated rings. The van der Waals surface area contributed by atoms with Crippen molar-refractivity contribution in [3.8, 4) is 0 Å². The van der Waals surface area contributed by atoms with Crippen molar-refractivity contribution in [2.45, 2.75) is 17.9 Å². The number of halogens is 2. The second-order valence-corrected chi connectivity index (χ2v) is 4.91. The maximum atomic E-state index is 13.2. The summed E-state index contributed by atoms with van der Waals surface area (Å²) >= 11 is 0. The predicted molar refractivity (Wildman–Crippen MR) is 53.2 cm³/mol. The van der Waals surface area contributed by atoms with Crippen LogP contribution in [0.25, 0.3) is 0 Å². The minimum atomic E-state index is -4.29. The van der Waals surface area contributed by atoms with Crippen molar-refractivity contribution < 1.29 is 22.3 Å². The van der Waals surface area contributed by atoms with Crippen molar-refractivity contribution >= 4 is 10.0 Å². The van der Waals surface area contributed by atoms with Crippen LogP contribution in [-0.4, -0.2) is 26.2 Å². The first-order valence-corrected chi connectivity index (χ1v) is 5.94. The highest BCUT2D eigenvalue weighted by Crippen LogP contribution is 2.18. The monoisotopic (exact) mass is 251 g/mol. The lowest BCUT2D eigenvalue weighted by Crippen LogP contribution is -2.35. The van der Waals surface area contributed by atoms with Crippen molar-refractivity contribution in [1.82, 2.24) is 4.72 Å². The quantitative estimate of drug-likeness (QED) is 0.824. The lowest BCUT2D eigenvalue weighted by atomic mass is 10.3. The molecule has 0 aromatic heterocycles. The Balaban J connectivity index is 3.17. The highest BCUT2D eigenvalue weighted by Gasteiger charge is 2.24. The molecule has 1 aromatic carbocycles. The summed E-state index contributed by atoms with van der Waals surface area (Å²) in [4.78, 5) is -1.03. The van der Waals surface area contributed by atoms with Crippen LogP contribution in [0.15, 0.2) is 23.1 Å². The number of rotatable bonds is 4. The van der Waals surface area contributed by atoms with E-state index in [4.69, 9.17) is 5.11 Å². The SMILES string of the molecule is CC(CO)NS(=O)(=O)c1c(F)cccc1F. The first kappa shape index (κ1) is 13.0. The minimum Gasteiger partial charge on any atom is -0.395 e. The van der Waals surface area contributed by atoms with E-state index in [0.717, 1.165) is 18.2 Å². The first-order valence-electron chi connectivity index (χ1n) is 4.45. The van der Waals surface area contributed by atoms with Crippen LogP contribution in [0.4, 0.5) is 8.78 Å². The molecule has 4 nitrogen and oxygen atoms in total. The van der Waals surface area contributed by atoms with Crippen LogP contribution < -0.4 is 4.72 Å². The number of sulfonamides is 1. The predicted octanol–water partition coefficient (Wildman–Crippen LogP) is 0.624. The highest BCUT2D eigenvalue weighted by atomic mass is 32.2. The summed E-state index contributed by atoms with van der Waals surface area (Å²) in [6.07, 6.45) is 0. The molecular formula is C9H11F2NO3S. The van der Waals surface area contributed by atoms with Crippen molar-refractivity contribution in [3.63, 3.8) is 0 Å². The Hall–Kier alpha value is -1.05. The molecule has 1 unspecified atom stereocenters. The molecule has 2 N–H and O–H groups in total. The lowest BCUT2D eigenvalue weighted by molar-refractivity contribution is 0.265. The fourth-order valence-electron chi connectivity index (χ4n) is 1.10. The van der Waals surface area contributed by atoms with Gasteiger partial charge >= 0.3 is 0 Å². The average molecular weight is 251 g/mol. The van der Waals surface area contributed by atoms with E-state index >= 15 is 0 Å². The van der Waals surface area contributed by atoms with Gasteiger partial charge in [-0.25, -0.2) is 21.9 Å². The molecule has 0 radical (unpaired) electrons. The zero-order chi connectivity index (χ0) is 12.3. The van der Waals surface area contributed by atoms with E-state index < -0.39 is 39.2 Å². The molecule has 90 valence electrons. The first-order chi connectivity index (χ1) is 7.38. The third-order valence-electron chi connectivity index (χ3n) is 1.82. The number of benzene rings is 1. The van der Waals surface area contributed by atoms with Crippen LogP contribution in [0.5, 0.6) is 0 Å². The lowest BCUT2D eigenvalue weighted by Gasteiger charge is -2.12. The zero-order valence-corrected chi connectivity index (χ0v) is 9.26. The summed E-state index contributed by atoms with van der Waals surface area (Å²) in [6, 6.07) is 1.95. The summed E-state index contributed by atoms with van der Waals surface area (Å²) in [6.45, 7) is 0.908. The van der Waals surface area contributed by atoms with Gasteiger partial charge in [0.15, 0.2) is 4.90 Å². The molecule has 0 heterocycles. The molecule has 1 aromatic rings. The number of hydrogen-bond acceptors (Lipinski definition) is 3. The number of aliphatic hydroxyl groups excluding tert-OH is 1. The van der Waals surface area contributed by atoms with Crippen LogP contribution in [0.3, 0.4) is 0 Å². The summed E-state index contributed by atoms with van der Waals surface area (Å²) in [7, 11) is -4.29. The molecule has 0 amide bonds. The Morgan fingerprint density at radius 2 is 1.88 bits per heavy atom. The molecular weight excluding hydrogens is 240 g/mol. The van der Waals surface area contributed by atoms with E-state index in [0.29, 0.717) is 0 Å². The molecule has 0 bridgehead atoms. The summed E-state index contributed by atoms with van der Waals surface area (Å²) in [5.74, 6) is -2.34. The molecule has 0 spiro atoms. The second kappa shape index (κ2) is 4.86. The molecule has 1 rings (SSSR count). The van der Waals surface area contributed by atoms with E-state index in [2.05, 4.69) is 0 Å². The van der Waals surface area contributed by atoms with Crippen molar-refractivity contribution in [3.05, 3.63) is 29.8 Å². The van der Waals surface area contributed by atoms with Gasteiger partial charge in [-0.1, -0.05) is 6.07 Å². The molecule has 1 atom stereocenters. The smallest absolute Gasteiger partial charge is 0.246 e. The zero-order valence-electron chi connectivity index (χ0n) is 8.44. The van der Waals surface area contributed by atoms with E-state index in [1.54, 1.807) is 0 Å². The van der Waals surface area contributed by atoms with Crippen LogP contribution in [0.2, 0.25) is 0 Å². The standard InChI is InChI=1S/C9H11F2NO3S/c1-6(5-13)12-16(14,15)9-7(10)3-2-4-8(9)11/h2-4,6,12-13H,5H2,1H3. The van der Waals surface area contributed by atoms with Crippen LogP contribution in [0.1, 0.15) is 6.92 Å². The summed E-state index contributed by atoms with van der Waals surface area (Å²) in [5.41, 5.74) is 0. The van der Waals surface area contributed by atoms with Gasteiger partial charge in [-0.2, -0.15) is 0 Å².